The molecule has 0 spiro atoms. The lowest BCUT2D eigenvalue weighted by atomic mass is 10.2. The minimum absolute atomic E-state index is 0.0283. The van der Waals surface area contributed by atoms with Crippen LogP contribution in [0.4, 0.5) is 13.2 Å². The molecule has 4 nitrogen and oxygen atoms in total. The van der Waals surface area contributed by atoms with Crippen LogP contribution in [0.5, 0.6) is 0 Å². The van der Waals surface area contributed by atoms with Crippen molar-refractivity contribution in [1.29, 1.82) is 0 Å². The Morgan fingerprint density at radius 2 is 1.91 bits per heavy atom. The first-order valence-electron chi connectivity index (χ1n) is 7.49. The lowest BCUT2D eigenvalue weighted by Gasteiger charge is -2.15. The number of carbonyl (C=O) groups excluding carboxylic acids is 1. The minimum Gasteiger partial charge on any atom is -0.343 e. The molecular formula is C14H17ClF3N3O. The van der Waals surface area contributed by atoms with Gasteiger partial charge in [-0.2, -0.15) is 18.3 Å². The van der Waals surface area contributed by atoms with Gasteiger partial charge in [-0.3, -0.25) is 9.48 Å². The molecule has 122 valence electrons. The molecule has 0 N–H and O–H groups in total. The van der Waals surface area contributed by atoms with Crippen LogP contribution in [0.15, 0.2) is 0 Å². The molecule has 0 atom stereocenters. The Morgan fingerprint density at radius 3 is 2.45 bits per heavy atom. The Bertz CT molecular complexity index is 575. The van der Waals surface area contributed by atoms with Gasteiger partial charge < -0.3 is 4.90 Å². The van der Waals surface area contributed by atoms with Crippen molar-refractivity contribution in [1.82, 2.24) is 14.7 Å². The molecule has 0 bridgehead atoms. The summed E-state index contributed by atoms with van der Waals surface area (Å²) in [6.07, 6.45) is -0.776. The molecule has 1 amide bonds. The van der Waals surface area contributed by atoms with Crippen LogP contribution in [0.1, 0.15) is 49.4 Å². The van der Waals surface area contributed by atoms with E-state index in [1.54, 1.807) is 4.90 Å². The van der Waals surface area contributed by atoms with Gasteiger partial charge >= 0.3 is 6.18 Å². The van der Waals surface area contributed by atoms with E-state index in [1.165, 1.54) is 4.68 Å². The van der Waals surface area contributed by atoms with E-state index in [0.717, 1.165) is 38.8 Å². The zero-order chi connectivity index (χ0) is 15.9. The van der Waals surface area contributed by atoms with E-state index in [1.807, 2.05) is 0 Å². The first kappa shape index (κ1) is 15.6. The number of aryl methyl sites for hydroxylation is 1. The second-order valence-corrected chi connectivity index (χ2v) is 6.26. The van der Waals surface area contributed by atoms with Crippen molar-refractivity contribution < 1.29 is 18.0 Å². The molecule has 2 aliphatic rings. The van der Waals surface area contributed by atoms with Crippen LogP contribution in [0, 0.1) is 0 Å². The smallest absolute Gasteiger partial charge is 0.343 e. The van der Waals surface area contributed by atoms with E-state index >= 15 is 0 Å². The molecule has 1 saturated carbocycles. The molecule has 1 aliphatic heterocycles. The van der Waals surface area contributed by atoms with E-state index in [4.69, 9.17) is 11.6 Å². The number of amides is 1. The van der Waals surface area contributed by atoms with Gasteiger partial charge in [-0.05, 0) is 25.7 Å². The summed E-state index contributed by atoms with van der Waals surface area (Å²) in [5.41, 5.74) is -0.604. The van der Waals surface area contributed by atoms with Gasteiger partial charge in [0.1, 0.15) is 0 Å². The number of nitrogens with zero attached hydrogens (tertiary/aromatic N) is 3. The van der Waals surface area contributed by atoms with E-state index in [2.05, 4.69) is 5.10 Å². The fraction of sp³-hybridized carbons (Fsp3) is 0.714. The van der Waals surface area contributed by atoms with Crippen molar-refractivity contribution in [2.24, 2.45) is 0 Å². The van der Waals surface area contributed by atoms with Crippen LogP contribution in [0.25, 0.3) is 0 Å². The van der Waals surface area contributed by atoms with Crippen molar-refractivity contribution in [3.05, 3.63) is 16.4 Å². The number of halogens is 4. The summed E-state index contributed by atoms with van der Waals surface area (Å²) in [7, 11) is 0. The average Bonchev–Trinajstić information content (AvgIpc) is 3.00. The molecule has 1 saturated heterocycles. The van der Waals surface area contributed by atoms with Crippen LogP contribution in [-0.2, 0) is 17.5 Å². The van der Waals surface area contributed by atoms with E-state index in [9.17, 15) is 18.0 Å². The van der Waals surface area contributed by atoms with Crippen molar-refractivity contribution >= 4 is 17.5 Å². The predicted molar refractivity (Wildman–Crippen MR) is 74.6 cm³/mol. The average molecular weight is 336 g/mol. The van der Waals surface area contributed by atoms with Crippen molar-refractivity contribution in [3.63, 3.8) is 0 Å². The van der Waals surface area contributed by atoms with Crippen molar-refractivity contribution in [3.8, 4) is 0 Å². The quantitative estimate of drug-likeness (QED) is 0.845. The van der Waals surface area contributed by atoms with Crippen LogP contribution in [0.2, 0.25) is 5.02 Å². The second kappa shape index (κ2) is 5.76. The van der Waals surface area contributed by atoms with E-state index in [-0.39, 0.29) is 29.8 Å². The Balaban J connectivity index is 1.76. The van der Waals surface area contributed by atoms with Gasteiger partial charge in [0.2, 0.25) is 5.91 Å². The molecule has 22 heavy (non-hydrogen) atoms. The second-order valence-electron chi connectivity index (χ2n) is 5.88. The van der Waals surface area contributed by atoms with Gasteiger partial charge in [-0.15, -0.1) is 0 Å². The minimum atomic E-state index is -4.56. The lowest BCUT2D eigenvalue weighted by Crippen LogP contribution is -2.28. The standard InChI is InChI=1S/C14H17ClF3N3O/c15-11-12(9-3-4-9)21(19-13(11)14(16,17)18)8-5-10(22)20-6-1-2-7-20/h9H,1-8H2. The lowest BCUT2D eigenvalue weighted by molar-refractivity contribution is -0.141. The molecule has 1 aromatic heterocycles. The number of carbonyl (C=O) groups is 1. The number of rotatable bonds is 4. The fourth-order valence-electron chi connectivity index (χ4n) is 2.88. The van der Waals surface area contributed by atoms with Gasteiger partial charge in [-0.25, -0.2) is 0 Å². The summed E-state index contributed by atoms with van der Waals surface area (Å²) in [5.74, 6) is 0.0115. The molecular weight excluding hydrogens is 319 g/mol. The molecule has 2 heterocycles. The summed E-state index contributed by atoms with van der Waals surface area (Å²) in [5, 5.41) is 3.33. The Kier molecular flexibility index (Phi) is 4.09. The summed E-state index contributed by atoms with van der Waals surface area (Å²) in [6.45, 7) is 1.63. The maximum atomic E-state index is 12.9. The summed E-state index contributed by atoms with van der Waals surface area (Å²) >= 11 is 5.89. The largest absolute Gasteiger partial charge is 0.436 e. The van der Waals surface area contributed by atoms with E-state index < -0.39 is 11.9 Å². The summed E-state index contributed by atoms with van der Waals surface area (Å²) in [6, 6.07) is 0. The SMILES string of the molecule is O=C(CCn1nc(C(F)(F)F)c(Cl)c1C1CC1)N1CCCC1. The van der Waals surface area contributed by atoms with Gasteiger partial charge in [0.15, 0.2) is 5.69 Å². The highest BCUT2D eigenvalue weighted by Crippen LogP contribution is 2.46. The maximum Gasteiger partial charge on any atom is 0.436 e. The third-order valence-electron chi connectivity index (χ3n) is 4.16. The van der Waals surface area contributed by atoms with Crippen molar-refractivity contribution in [2.45, 2.75) is 50.7 Å². The first-order valence-corrected chi connectivity index (χ1v) is 7.87. The number of alkyl halides is 3. The summed E-state index contributed by atoms with van der Waals surface area (Å²) in [4.78, 5) is 13.8. The highest BCUT2D eigenvalue weighted by atomic mass is 35.5. The third-order valence-corrected chi connectivity index (χ3v) is 4.53. The van der Waals surface area contributed by atoms with Gasteiger partial charge in [0.05, 0.1) is 17.3 Å². The molecule has 2 fully saturated rings. The molecule has 0 unspecified atom stereocenters. The molecule has 0 radical (unpaired) electrons. The third kappa shape index (κ3) is 3.09. The van der Waals surface area contributed by atoms with Crippen LogP contribution >= 0.6 is 11.6 Å². The molecule has 1 aliphatic carbocycles. The number of hydrogen-bond donors (Lipinski definition) is 0. The first-order chi connectivity index (χ1) is 10.4. The van der Waals surface area contributed by atoms with Gasteiger partial charge in [0.25, 0.3) is 0 Å². The zero-order valence-corrected chi connectivity index (χ0v) is 12.8. The monoisotopic (exact) mass is 335 g/mol. The maximum absolute atomic E-state index is 12.9. The Hall–Kier alpha value is -1.24. The zero-order valence-electron chi connectivity index (χ0n) is 12.0. The normalized spacial score (nSPS) is 19.0. The van der Waals surface area contributed by atoms with Gasteiger partial charge in [-0.1, -0.05) is 11.6 Å². The summed E-state index contributed by atoms with van der Waals surface area (Å²) < 4.78 is 40.1. The number of aromatic nitrogens is 2. The van der Waals surface area contributed by atoms with Crippen LogP contribution in [-0.4, -0.2) is 33.7 Å². The topological polar surface area (TPSA) is 38.1 Å². The predicted octanol–water partition coefficient (Wildman–Crippen LogP) is 3.45. The van der Waals surface area contributed by atoms with Crippen LogP contribution in [0.3, 0.4) is 0 Å². The fourth-order valence-corrected chi connectivity index (χ4v) is 3.27. The molecule has 3 rings (SSSR count). The van der Waals surface area contributed by atoms with E-state index in [0.29, 0.717) is 5.69 Å². The Labute approximate surface area is 131 Å². The Morgan fingerprint density at radius 1 is 1.27 bits per heavy atom. The number of hydrogen-bond acceptors (Lipinski definition) is 2. The van der Waals surface area contributed by atoms with Gasteiger partial charge in [0, 0.05) is 25.4 Å². The van der Waals surface area contributed by atoms with Crippen LogP contribution < -0.4 is 0 Å². The number of likely N-dealkylation sites (tertiary alicyclic amines) is 1. The molecule has 0 aromatic carbocycles. The molecule has 1 aromatic rings. The molecule has 8 heteroatoms. The highest BCUT2D eigenvalue weighted by molar-refractivity contribution is 6.32. The highest BCUT2D eigenvalue weighted by Gasteiger charge is 2.42. The van der Waals surface area contributed by atoms with Crippen molar-refractivity contribution in [2.75, 3.05) is 13.1 Å².